The molecule has 2 rings (SSSR count). The van der Waals surface area contributed by atoms with E-state index in [1.165, 1.54) is 0 Å². The van der Waals surface area contributed by atoms with Gasteiger partial charge in [-0.2, -0.15) is 0 Å². The molecule has 1 aromatic heterocycles. The molecule has 0 bridgehead atoms. The van der Waals surface area contributed by atoms with Crippen molar-refractivity contribution >= 4 is 0 Å². The highest BCUT2D eigenvalue weighted by atomic mass is 16.5. The first kappa shape index (κ1) is 13.4. The lowest BCUT2D eigenvalue weighted by molar-refractivity contribution is -0.0802. The van der Waals surface area contributed by atoms with Gasteiger partial charge in [0.25, 0.3) is 0 Å². The summed E-state index contributed by atoms with van der Waals surface area (Å²) in [6, 6.07) is -0.202. The third-order valence-electron chi connectivity index (χ3n) is 4.33. The van der Waals surface area contributed by atoms with Gasteiger partial charge in [0, 0.05) is 19.5 Å². The molecule has 1 unspecified atom stereocenters. The minimum atomic E-state index is -0.286. The van der Waals surface area contributed by atoms with Crippen molar-refractivity contribution in [3.8, 4) is 0 Å². The lowest BCUT2D eigenvalue weighted by Crippen LogP contribution is -2.47. The van der Waals surface area contributed by atoms with E-state index in [-0.39, 0.29) is 11.6 Å². The van der Waals surface area contributed by atoms with E-state index in [9.17, 15) is 0 Å². The molecular weight excluding hydrogens is 226 g/mol. The van der Waals surface area contributed by atoms with Gasteiger partial charge in [0.2, 0.25) is 0 Å². The fourth-order valence-electron chi connectivity index (χ4n) is 2.73. The van der Waals surface area contributed by atoms with E-state index in [0.29, 0.717) is 5.41 Å². The van der Waals surface area contributed by atoms with Crippen LogP contribution in [0.2, 0.25) is 0 Å². The van der Waals surface area contributed by atoms with Crippen molar-refractivity contribution in [2.75, 3.05) is 7.11 Å². The van der Waals surface area contributed by atoms with Crippen LogP contribution in [-0.2, 0) is 4.74 Å². The molecule has 18 heavy (non-hydrogen) atoms. The van der Waals surface area contributed by atoms with Crippen LogP contribution in [0.1, 0.15) is 51.3 Å². The fourth-order valence-corrected chi connectivity index (χ4v) is 2.73. The number of nitrogens with two attached hydrogens (primary N) is 1. The first-order valence-electron chi connectivity index (χ1n) is 6.56. The van der Waals surface area contributed by atoms with Crippen LogP contribution in [0.25, 0.3) is 0 Å². The lowest BCUT2D eigenvalue weighted by Gasteiger charge is -2.45. The van der Waals surface area contributed by atoms with Crippen LogP contribution in [0.4, 0.5) is 0 Å². The zero-order valence-electron chi connectivity index (χ0n) is 11.5. The molecule has 4 heteroatoms. The number of nitrogens with zero attached hydrogens (tertiary/aromatic N) is 2. The van der Waals surface area contributed by atoms with Crippen LogP contribution in [0, 0.1) is 5.41 Å². The molecule has 1 aliphatic rings. The van der Waals surface area contributed by atoms with Crippen LogP contribution in [0.5, 0.6) is 0 Å². The average Bonchev–Trinajstić information content (AvgIpc) is 2.40. The van der Waals surface area contributed by atoms with E-state index in [0.717, 1.165) is 31.4 Å². The summed E-state index contributed by atoms with van der Waals surface area (Å²) in [6.45, 7) is 4.61. The van der Waals surface area contributed by atoms with Crippen molar-refractivity contribution in [1.29, 1.82) is 0 Å². The maximum atomic E-state index is 6.38. The summed E-state index contributed by atoms with van der Waals surface area (Å²) in [5.74, 6) is 0. The number of methoxy groups -OCH3 is 1. The summed E-state index contributed by atoms with van der Waals surface area (Å²) in [6.07, 6.45) is 9.32. The SMILES string of the molecule is COC1(C(N)c2cnccn2)CCC(C)(C)CC1. The molecule has 1 heterocycles. The van der Waals surface area contributed by atoms with Crippen molar-refractivity contribution < 1.29 is 4.74 Å². The van der Waals surface area contributed by atoms with Crippen molar-refractivity contribution in [2.24, 2.45) is 11.1 Å². The highest BCUT2D eigenvalue weighted by molar-refractivity contribution is 5.11. The molecule has 4 nitrogen and oxygen atoms in total. The smallest absolute Gasteiger partial charge is 0.0886 e. The third-order valence-corrected chi connectivity index (χ3v) is 4.33. The molecule has 1 atom stereocenters. The molecular formula is C14H23N3O. The lowest BCUT2D eigenvalue weighted by atomic mass is 9.68. The summed E-state index contributed by atoms with van der Waals surface area (Å²) in [7, 11) is 1.76. The van der Waals surface area contributed by atoms with Crippen molar-refractivity contribution in [2.45, 2.75) is 51.2 Å². The van der Waals surface area contributed by atoms with E-state index >= 15 is 0 Å². The van der Waals surface area contributed by atoms with Crippen LogP contribution in [-0.4, -0.2) is 22.7 Å². The maximum absolute atomic E-state index is 6.38. The van der Waals surface area contributed by atoms with Crippen molar-refractivity contribution in [3.63, 3.8) is 0 Å². The van der Waals surface area contributed by atoms with Gasteiger partial charge in [-0.3, -0.25) is 9.97 Å². The second-order valence-corrected chi connectivity index (χ2v) is 6.04. The first-order valence-corrected chi connectivity index (χ1v) is 6.56. The standard InChI is InChI=1S/C14H23N3O/c1-13(2)4-6-14(18-3,7-5-13)12(15)11-10-16-8-9-17-11/h8-10,12H,4-7,15H2,1-3H3. The Kier molecular flexibility index (Phi) is 3.69. The predicted octanol–water partition coefficient (Wildman–Crippen LogP) is 2.46. The quantitative estimate of drug-likeness (QED) is 0.894. The van der Waals surface area contributed by atoms with Gasteiger partial charge in [-0.15, -0.1) is 0 Å². The van der Waals surface area contributed by atoms with E-state index in [2.05, 4.69) is 23.8 Å². The Morgan fingerprint density at radius 2 is 1.89 bits per heavy atom. The Balaban J connectivity index is 2.19. The third kappa shape index (κ3) is 2.54. The number of aromatic nitrogens is 2. The fraction of sp³-hybridized carbons (Fsp3) is 0.714. The van der Waals surface area contributed by atoms with Crippen LogP contribution in [0.15, 0.2) is 18.6 Å². The van der Waals surface area contributed by atoms with E-state index < -0.39 is 0 Å². The minimum absolute atomic E-state index is 0.202. The largest absolute Gasteiger partial charge is 0.376 e. The predicted molar refractivity (Wildman–Crippen MR) is 70.9 cm³/mol. The molecule has 1 fully saturated rings. The number of hydrogen-bond donors (Lipinski definition) is 1. The van der Waals surface area contributed by atoms with Gasteiger partial charge in [0.1, 0.15) is 0 Å². The van der Waals surface area contributed by atoms with E-state index in [4.69, 9.17) is 10.5 Å². The molecule has 2 N–H and O–H groups in total. The van der Waals surface area contributed by atoms with Crippen LogP contribution >= 0.6 is 0 Å². The zero-order valence-corrected chi connectivity index (χ0v) is 11.5. The second kappa shape index (κ2) is 4.94. The Morgan fingerprint density at radius 3 is 2.39 bits per heavy atom. The van der Waals surface area contributed by atoms with Crippen LogP contribution in [0.3, 0.4) is 0 Å². The Hall–Kier alpha value is -1.00. The maximum Gasteiger partial charge on any atom is 0.0886 e. The molecule has 0 spiro atoms. The molecule has 0 radical (unpaired) electrons. The van der Waals surface area contributed by atoms with Gasteiger partial charge in [-0.1, -0.05) is 13.8 Å². The molecule has 1 aromatic rings. The van der Waals surface area contributed by atoms with E-state index in [1.54, 1.807) is 25.7 Å². The Labute approximate surface area is 109 Å². The summed E-state index contributed by atoms with van der Waals surface area (Å²) < 4.78 is 5.80. The van der Waals surface area contributed by atoms with Gasteiger partial charge >= 0.3 is 0 Å². The van der Waals surface area contributed by atoms with Gasteiger partial charge in [-0.25, -0.2) is 0 Å². The zero-order chi connectivity index (χ0) is 13.2. The highest BCUT2D eigenvalue weighted by Gasteiger charge is 2.43. The van der Waals surface area contributed by atoms with Gasteiger partial charge in [0.15, 0.2) is 0 Å². The molecule has 0 aliphatic heterocycles. The Bertz CT molecular complexity index is 381. The summed E-state index contributed by atoms with van der Waals surface area (Å²) >= 11 is 0. The number of rotatable bonds is 3. The monoisotopic (exact) mass is 249 g/mol. The number of ether oxygens (including phenoxy) is 1. The van der Waals surface area contributed by atoms with E-state index in [1.807, 2.05) is 0 Å². The normalized spacial score (nSPS) is 23.6. The van der Waals surface area contributed by atoms with Crippen molar-refractivity contribution in [1.82, 2.24) is 9.97 Å². The first-order chi connectivity index (χ1) is 8.49. The highest BCUT2D eigenvalue weighted by Crippen LogP contribution is 2.46. The molecule has 1 aliphatic carbocycles. The van der Waals surface area contributed by atoms with Gasteiger partial charge in [0.05, 0.1) is 23.5 Å². The average molecular weight is 249 g/mol. The minimum Gasteiger partial charge on any atom is -0.376 e. The summed E-state index contributed by atoms with van der Waals surface area (Å²) in [5.41, 5.74) is 7.30. The van der Waals surface area contributed by atoms with Crippen molar-refractivity contribution in [3.05, 3.63) is 24.3 Å². The van der Waals surface area contributed by atoms with Crippen LogP contribution < -0.4 is 5.73 Å². The number of hydrogen-bond acceptors (Lipinski definition) is 4. The molecule has 0 aromatic carbocycles. The molecule has 1 saturated carbocycles. The summed E-state index contributed by atoms with van der Waals surface area (Å²) in [5, 5.41) is 0. The Morgan fingerprint density at radius 1 is 1.22 bits per heavy atom. The molecule has 100 valence electrons. The summed E-state index contributed by atoms with van der Waals surface area (Å²) in [4.78, 5) is 8.41. The molecule has 0 amide bonds. The molecule has 0 saturated heterocycles. The second-order valence-electron chi connectivity index (χ2n) is 6.04. The van der Waals surface area contributed by atoms with Gasteiger partial charge in [-0.05, 0) is 31.1 Å². The topological polar surface area (TPSA) is 61.0 Å². The van der Waals surface area contributed by atoms with Gasteiger partial charge < -0.3 is 10.5 Å².